The average Bonchev–Trinajstić information content (AvgIpc) is 2.67. The summed E-state index contributed by atoms with van der Waals surface area (Å²) in [4.78, 5) is 19.0. The number of hydrogen-bond acceptors (Lipinski definition) is 6. The number of carbonyl (C=O) groups excluding carboxylic acids is 1. The lowest BCUT2D eigenvalue weighted by molar-refractivity contribution is 0.0594. The van der Waals surface area contributed by atoms with E-state index in [0.717, 1.165) is 23.0 Å². The third-order valence-corrected chi connectivity index (χ3v) is 3.75. The molecule has 1 rings (SSSR count). The first kappa shape index (κ1) is 16.9. The maximum Gasteiger partial charge on any atom is 0.357 e. The molecule has 0 aromatic carbocycles. The van der Waals surface area contributed by atoms with Crippen LogP contribution < -0.4 is 5.32 Å². The first-order valence-corrected chi connectivity index (χ1v) is 7.62. The smallest absolute Gasteiger partial charge is 0.357 e. The second-order valence-electron chi connectivity index (χ2n) is 5.65. The van der Waals surface area contributed by atoms with Crippen molar-refractivity contribution in [3.05, 3.63) is 10.6 Å². The number of nitrogens with one attached hydrogen (secondary N) is 1. The van der Waals surface area contributed by atoms with Crippen molar-refractivity contribution in [1.82, 2.24) is 9.88 Å². The van der Waals surface area contributed by atoms with Crippen molar-refractivity contribution >= 4 is 22.4 Å². The molecule has 1 N–H and O–H groups in total. The molecule has 1 aromatic rings. The predicted octanol–water partition coefficient (Wildman–Crippen LogP) is 2.63. The van der Waals surface area contributed by atoms with Crippen molar-refractivity contribution in [1.29, 1.82) is 0 Å². The number of hydrogen-bond donors (Lipinski definition) is 1. The topological polar surface area (TPSA) is 54.5 Å². The molecule has 114 valence electrons. The molecule has 0 aliphatic carbocycles. The molecule has 1 heterocycles. The van der Waals surface area contributed by atoms with Crippen molar-refractivity contribution < 1.29 is 9.53 Å². The highest BCUT2D eigenvalue weighted by atomic mass is 32.1. The molecule has 0 bridgehead atoms. The number of thiazole rings is 1. The molecule has 1 atom stereocenters. The maximum absolute atomic E-state index is 11.6. The highest BCUT2D eigenvalue weighted by Crippen LogP contribution is 2.24. The van der Waals surface area contributed by atoms with Crippen molar-refractivity contribution in [2.24, 2.45) is 5.92 Å². The van der Waals surface area contributed by atoms with Crippen LogP contribution in [0.5, 0.6) is 0 Å². The number of carbonyl (C=O) groups is 1. The Morgan fingerprint density at radius 3 is 2.60 bits per heavy atom. The molecule has 0 saturated carbocycles. The number of esters is 1. The molecule has 1 aromatic heterocycles. The van der Waals surface area contributed by atoms with Crippen LogP contribution in [-0.4, -0.2) is 49.6 Å². The van der Waals surface area contributed by atoms with Crippen molar-refractivity contribution in [3.8, 4) is 0 Å². The molecule has 0 spiro atoms. The Kier molecular flexibility index (Phi) is 6.42. The monoisotopic (exact) mass is 299 g/mol. The Bertz CT molecular complexity index is 434. The van der Waals surface area contributed by atoms with Crippen LogP contribution in [-0.2, 0) is 4.74 Å². The van der Waals surface area contributed by atoms with E-state index in [0.29, 0.717) is 17.7 Å². The summed E-state index contributed by atoms with van der Waals surface area (Å²) < 4.78 is 4.73. The predicted molar refractivity (Wildman–Crippen MR) is 83.6 cm³/mol. The largest absolute Gasteiger partial charge is 0.464 e. The van der Waals surface area contributed by atoms with Crippen LogP contribution >= 0.6 is 11.3 Å². The molecular weight excluding hydrogens is 274 g/mol. The SMILES string of the molecule is COC(=O)c1nc(NC(CC(C)C)CN(C)C)sc1C. The van der Waals surface area contributed by atoms with Gasteiger partial charge in [0.2, 0.25) is 0 Å². The summed E-state index contributed by atoms with van der Waals surface area (Å²) in [6.07, 6.45) is 1.06. The molecule has 6 heteroatoms. The highest BCUT2D eigenvalue weighted by Gasteiger charge is 2.18. The fourth-order valence-corrected chi connectivity index (χ4v) is 2.99. The van der Waals surface area contributed by atoms with Crippen LogP contribution in [0.15, 0.2) is 0 Å². The van der Waals surface area contributed by atoms with E-state index in [1.807, 2.05) is 6.92 Å². The van der Waals surface area contributed by atoms with Gasteiger partial charge >= 0.3 is 5.97 Å². The van der Waals surface area contributed by atoms with Crippen LogP contribution in [0, 0.1) is 12.8 Å². The number of nitrogens with zero attached hydrogens (tertiary/aromatic N) is 2. The summed E-state index contributed by atoms with van der Waals surface area (Å²) in [5.41, 5.74) is 0.410. The van der Waals surface area contributed by atoms with Gasteiger partial charge in [0, 0.05) is 17.5 Å². The molecule has 0 fully saturated rings. The van der Waals surface area contributed by atoms with Crippen molar-refractivity contribution in [2.75, 3.05) is 33.1 Å². The van der Waals surface area contributed by atoms with Gasteiger partial charge in [-0.3, -0.25) is 0 Å². The normalized spacial score (nSPS) is 12.8. The van der Waals surface area contributed by atoms with Crippen LogP contribution in [0.1, 0.15) is 35.6 Å². The minimum absolute atomic E-state index is 0.320. The van der Waals surface area contributed by atoms with Gasteiger partial charge in [0.25, 0.3) is 0 Å². The fraction of sp³-hybridized carbons (Fsp3) is 0.714. The van der Waals surface area contributed by atoms with Crippen LogP contribution in [0.25, 0.3) is 0 Å². The zero-order chi connectivity index (χ0) is 15.3. The summed E-state index contributed by atoms with van der Waals surface area (Å²) in [6.45, 7) is 7.23. The number of likely N-dealkylation sites (N-methyl/N-ethyl adjacent to an activating group) is 1. The van der Waals surface area contributed by atoms with E-state index in [1.165, 1.54) is 18.4 Å². The molecule has 1 unspecified atom stereocenters. The zero-order valence-corrected chi connectivity index (χ0v) is 14.0. The second kappa shape index (κ2) is 7.59. The Hall–Kier alpha value is -1.14. The van der Waals surface area contributed by atoms with Gasteiger partial charge in [0.1, 0.15) is 0 Å². The van der Waals surface area contributed by atoms with Gasteiger partial charge in [0.15, 0.2) is 10.8 Å². The van der Waals surface area contributed by atoms with Gasteiger partial charge in [-0.25, -0.2) is 9.78 Å². The highest BCUT2D eigenvalue weighted by molar-refractivity contribution is 7.15. The fourth-order valence-electron chi connectivity index (χ4n) is 2.11. The molecular formula is C14H25N3O2S. The minimum Gasteiger partial charge on any atom is -0.464 e. The summed E-state index contributed by atoms with van der Waals surface area (Å²) in [6, 6.07) is 0.320. The van der Waals surface area contributed by atoms with Crippen LogP contribution in [0.3, 0.4) is 0 Å². The lowest BCUT2D eigenvalue weighted by Gasteiger charge is -2.23. The second-order valence-corrected chi connectivity index (χ2v) is 6.85. The number of ether oxygens (including phenoxy) is 1. The van der Waals surface area contributed by atoms with E-state index >= 15 is 0 Å². The van der Waals surface area contributed by atoms with Gasteiger partial charge in [-0.2, -0.15) is 0 Å². The van der Waals surface area contributed by atoms with E-state index in [2.05, 4.69) is 43.1 Å². The Balaban J connectivity index is 2.80. The minimum atomic E-state index is -0.375. The molecule has 0 amide bonds. The third-order valence-electron chi connectivity index (χ3n) is 2.84. The van der Waals surface area contributed by atoms with Gasteiger partial charge in [-0.1, -0.05) is 13.8 Å². The van der Waals surface area contributed by atoms with E-state index in [1.54, 1.807) is 0 Å². The molecule has 0 saturated heterocycles. The number of aryl methyl sites for hydroxylation is 1. The lowest BCUT2D eigenvalue weighted by Crippen LogP contribution is -2.33. The van der Waals surface area contributed by atoms with Crippen LogP contribution in [0.2, 0.25) is 0 Å². The molecule has 20 heavy (non-hydrogen) atoms. The van der Waals surface area contributed by atoms with Crippen molar-refractivity contribution in [3.63, 3.8) is 0 Å². The average molecular weight is 299 g/mol. The number of aromatic nitrogens is 1. The van der Waals surface area contributed by atoms with E-state index in [-0.39, 0.29) is 5.97 Å². The maximum atomic E-state index is 11.6. The van der Waals surface area contributed by atoms with Gasteiger partial charge in [-0.05, 0) is 33.4 Å². The summed E-state index contributed by atoms with van der Waals surface area (Å²) in [7, 11) is 5.49. The quantitative estimate of drug-likeness (QED) is 0.784. The number of anilines is 1. The van der Waals surface area contributed by atoms with Gasteiger partial charge in [0.05, 0.1) is 7.11 Å². The first-order valence-electron chi connectivity index (χ1n) is 6.80. The Labute approximate surface area is 125 Å². The Morgan fingerprint density at radius 2 is 2.10 bits per heavy atom. The van der Waals surface area contributed by atoms with Crippen molar-refractivity contribution in [2.45, 2.75) is 33.2 Å². The molecule has 0 aliphatic rings. The summed E-state index contributed by atoms with van der Waals surface area (Å²) in [5, 5.41) is 4.23. The van der Waals surface area contributed by atoms with E-state index < -0.39 is 0 Å². The molecule has 0 radical (unpaired) electrons. The number of rotatable bonds is 7. The first-order chi connectivity index (χ1) is 9.33. The Morgan fingerprint density at radius 1 is 1.45 bits per heavy atom. The standard InChI is InChI=1S/C14H25N3O2S/c1-9(2)7-11(8-17(4)5)15-14-16-12(10(3)20-14)13(18)19-6/h9,11H,7-8H2,1-6H3,(H,15,16). The molecule has 0 aliphatic heterocycles. The summed E-state index contributed by atoms with van der Waals surface area (Å²) in [5.74, 6) is 0.230. The van der Waals surface area contributed by atoms with E-state index in [4.69, 9.17) is 4.74 Å². The lowest BCUT2D eigenvalue weighted by atomic mass is 10.0. The molecule has 5 nitrogen and oxygen atoms in total. The number of methoxy groups -OCH3 is 1. The summed E-state index contributed by atoms with van der Waals surface area (Å²) >= 11 is 1.50. The zero-order valence-electron chi connectivity index (χ0n) is 13.2. The third kappa shape index (κ3) is 5.09. The van der Waals surface area contributed by atoms with Gasteiger partial charge in [-0.15, -0.1) is 11.3 Å². The van der Waals surface area contributed by atoms with Crippen LogP contribution in [0.4, 0.5) is 5.13 Å². The van der Waals surface area contributed by atoms with E-state index in [9.17, 15) is 4.79 Å². The van der Waals surface area contributed by atoms with Gasteiger partial charge < -0.3 is 15.0 Å².